The zero-order valence-corrected chi connectivity index (χ0v) is 14.0. The highest BCUT2D eigenvalue weighted by atomic mass is 16.8. The van der Waals surface area contributed by atoms with E-state index in [1.54, 1.807) is 13.8 Å². The fraction of sp³-hybridized carbons (Fsp3) is 1.00. The lowest BCUT2D eigenvalue weighted by atomic mass is 9.82. The highest BCUT2D eigenvalue weighted by Crippen LogP contribution is 2.37. The molecule has 3 heterocycles. The highest BCUT2D eigenvalue weighted by Gasteiger charge is 2.56. The number of rotatable bonds is 4. The molecular weight excluding hydrogens is 322 g/mol. The molecule has 3 aliphatic rings. The van der Waals surface area contributed by atoms with Gasteiger partial charge in [-0.3, -0.25) is 0 Å². The summed E-state index contributed by atoms with van der Waals surface area (Å²) in [5, 5.41) is 43.8. The van der Waals surface area contributed by atoms with Crippen LogP contribution in [-0.4, -0.2) is 95.4 Å². The van der Waals surface area contributed by atoms with Gasteiger partial charge in [-0.05, 0) is 13.8 Å². The Labute approximate surface area is 140 Å². The molecule has 24 heavy (non-hydrogen) atoms. The van der Waals surface area contributed by atoms with Crippen molar-refractivity contribution in [3.63, 3.8) is 0 Å². The Morgan fingerprint density at radius 2 is 1.96 bits per heavy atom. The summed E-state index contributed by atoms with van der Waals surface area (Å²) in [7, 11) is 1.38. The van der Waals surface area contributed by atoms with Gasteiger partial charge in [-0.25, -0.2) is 0 Å². The number of methoxy groups -OCH3 is 1. The van der Waals surface area contributed by atoms with E-state index in [1.807, 2.05) is 0 Å². The van der Waals surface area contributed by atoms with Crippen molar-refractivity contribution in [2.45, 2.75) is 68.6 Å². The van der Waals surface area contributed by atoms with Gasteiger partial charge in [0.15, 0.2) is 12.1 Å². The van der Waals surface area contributed by atoms with E-state index in [-0.39, 0.29) is 12.2 Å². The van der Waals surface area contributed by atoms with Crippen molar-refractivity contribution < 1.29 is 39.4 Å². The van der Waals surface area contributed by atoms with Crippen LogP contribution in [0.2, 0.25) is 0 Å². The molecule has 0 bridgehead atoms. The summed E-state index contributed by atoms with van der Waals surface area (Å²) in [4.78, 5) is 0. The van der Waals surface area contributed by atoms with E-state index in [4.69, 9.17) is 18.9 Å². The zero-order valence-electron chi connectivity index (χ0n) is 14.0. The van der Waals surface area contributed by atoms with Crippen LogP contribution in [0.15, 0.2) is 0 Å². The standard InChI is InChI=1S/C15H27NO8/c1-15(2)23-6-4-16-9(13(6)24-15)11(19)8-12(20)10(18)7(5-17)22-14(8)21-3/h6-14,16-20H,4-5H2,1-3H3/t6-,7+,8+,9+,10+,11-,12+,13-,14-/m0/s1. The summed E-state index contributed by atoms with van der Waals surface area (Å²) in [6.45, 7) is 3.67. The number of aliphatic hydroxyl groups is 4. The van der Waals surface area contributed by atoms with Crippen LogP contribution < -0.4 is 5.32 Å². The lowest BCUT2D eigenvalue weighted by molar-refractivity contribution is -0.295. The van der Waals surface area contributed by atoms with Crippen LogP contribution in [0.5, 0.6) is 0 Å². The Kier molecular flexibility index (Phi) is 5.18. The highest BCUT2D eigenvalue weighted by molar-refractivity contribution is 5.05. The van der Waals surface area contributed by atoms with Gasteiger partial charge in [0.1, 0.15) is 24.4 Å². The third-order valence-electron chi connectivity index (χ3n) is 5.05. The molecular formula is C15H27NO8. The first kappa shape index (κ1) is 18.4. The molecule has 3 saturated heterocycles. The number of fused-ring (bicyclic) bond motifs is 1. The van der Waals surface area contributed by atoms with Gasteiger partial charge in [-0.1, -0.05) is 0 Å². The van der Waals surface area contributed by atoms with Crippen molar-refractivity contribution in [3.8, 4) is 0 Å². The van der Waals surface area contributed by atoms with Crippen molar-refractivity contribution in [1.82, 2.24) is 5.32 Å². The molecule has 0 saturated carbocycles. The summed E-state index contributed by atoms with van der Waals surface area (Å²) in [5.41, 5.74) is 0. The molecule has 0 aromatic heterocycles. The smallest absolute Gasteiger partial charge is 0.165 e. The van der Waals surface area contributed by atoms with E-state index in [0.29, 0.717) is 6.54 Å². The summed E-state index contributed by atoms with van der Waals surface area (Å²) in [6, 6.07) is -0.504. The first-order valence-corrected chi connectivity index (χ1v) is 8.21. The molecule has 5 N–H and O–H groups in total. The number of hydrogen-bond acceptors (Lipinski definition) is 9. The minimum absolute atomic E-state index is 0.197. The normalized spacial score (nSPS) is 49.1. The van der Waals surface area contributed by atoms with E-state index < -0.39 is 55.1 Å². The van der Waals surface area contributed by atoms with Crippen LogP contribution >= 0.6 is 0 Å². The molecule has 140 valence electrons. The van der Waals surface area contributed by atoms with Gasteiger partial charge in [0.05, 0.1) is 30.8 Å². The van der Waals surface area contributed by atoms with E-state index in [9.17, 15) is 20.4 Å². The SMILES string of the molecule is CO[C@H]1O[C@H](CO)[C@@H](O)[C@H](O)[C@H]1[C@H](O)[C@H]1NC[C@@H]2OC(C)(C)O[C@H]12. The molecule has 3 fully saturated rings. The van der Waals surface area contributed by atoms with Crippen molar-refractivity contribution in [3.05, 3.63) is 0 Å². The van der Waals surface area contributed by atoms with Crippen molar-refractivity contribution in [1.29, 1.82) is 0 Å². The molecule has 0 radical (unpaired) electrons. The Balaban J connectivity index is 1.77. The second-order valence-electron chi connectivity index (χ2n) is 7.08. The van der Waals surface area contributed by atoms with Gasteiger partial charge >= 0.3 is 0 Å². The maximum Gasteiger partial charge on any atom is 0.165 e. The maximum atomic E-state index is 10.8. The Morgan fingerprint density at radius 3 is 2.58 bits per heavy atom. The number of ether oxygens (including phenoxy) is 4. The predicted octanol–water partition coefficient (Wildman–Crippen LogP) is -2.46. The van der Waals surface area contributed by atoms with Gasteiger partial charge < -0.3 is 44.7 Å². The van der Waals surface area contributed by atoms with Crippen molar-refractivity contribution in [2.75, 3.05) is 20.3 Å². The number of nitrogens with one attached hydrogen (secondary N) is 1. The van der Waals surface area contributed by atoms with E-state index in [2.05, 4.69) is 5.32 Å². The second-order valence-corrected chi connectivity index (χ2v) is 7.08. The predicted molar refractivity (Wildman–Crippen MR) is 79.9 cm³/mol. The van der Waals surface area contributed by atoms with Crippen LogP contribution in [0.4, 0.5) is 0 Å². The van der Waals surface area contributed by atoms with Crippen LogP contribution in [0.1, 0.15) is 13.8 Å². The van der Waals surface area contributed by atoms with Crippen molar-refractivity contribution >= 4 is 0 Å². The molecule has 3 rings (SSSR count). The van der Waals surface area contributed by atoms with Gasteiger partial charge in [0, 0.05) is 13.7 Å². The van der Waals surface area contributed by atoms with E-state index in [1.165, 1.54) is 7.11 Å². The fourth-order valence-electron chi connectivity index (χ4n) is 3.93. The fourth-order valence-corrected chi connectivity index (χ4v) is 3.93. The lowest BCUT2D eigenvalue weighted by Crippen LogP contribution is -2.63. The molecule has 9 nitrogen and oxygen atoms in total. The molecule has 0 aromatic rings. The molecule has 0 aromatic carbocycles. The minimum Gasteiger partial charge on any atom is -0.394 e. The van der Waals surface area contributed by atoms with E-state index in [0.717, 1.165) is 0 Å². The zero-order chi connectivity index (χ0) is 17.6. The first-order valence-electron chi connectivity index (χ1n) is 8.21. The molecule has 9 heteroatoms. The van der Waals surface area contributed by atoms with E-state index >= 15 is 0 Å². The van der Waals surface area contributed by atoms with Gasteiger partial charge in [0.2, 0.25) is 0 Å². The average Bonchev–Trinajstić information content (AvgIpc) is 3.03. The molecule has 0 spiro atoms. The lowest BCUT2D eigenvalue weighted by Gasteiger charge is -2.45. The maximum absolute atomic E-state index is 10.8. The average molecular weight is 349 g/mol. The van der Waals surface area contributed by atoms with Gasteiger partial charge in [0.25, 0.3) is 0 Å². The monoisotopic (exact) mass is 349 g/mol. The van der Waals surface area contributed by atoms with Crippen LogP contribution in [0.3, 0.4) is 0 Å². The molecule has 3 aliphatic heterocycles. The first-order chi connectivity index (χ1) is 11.3. The minimum atomic E-state index is -1.32. The summed E-state index contributed by atoms with van der Waals surface area (Å²) >= 11 is 0. The second kappa shape index (κ2) is 6.75. The molecule has 9 atom stereocenters. The van der Waals surface area contributed by atoms with Crippen molar-refractivity contribution in [2.24, 2.45) is 5.92 Å². The van der Waals surface area contributed by atoms with Crippen LogP contribution in [-0.2, 0) is 18.9 Å². The Hall–Kier alpha value is -0.360. The van der Waals surface area contributed by atoms with Crippen LogP contribution in [0, 0.1) is 5.92 Å². The summed E-state index contributed by atoms with van der Waals surface area (Å²) in [6.07, 6.45) is -6.26. The largest absolute Gasteiger partial charge is 0.394 e. The number of aliphatic hydroxyl groups excluding tert-OH is 4. The molecule has 0 unspecified atom stereocenters. The third-order valence-corrected chi connectivity index (χ3v) is 5.05. The third kappa shape index (κ3) is 3.09. The van der Waals surface area contributed by atoms with Crippen LogP contribution in [0.25, 0.3) is 0 Å². The number of hydrogen-bond donors (Lipinski definition) is 5. The Bertz CT molecular complexity index is 447. The molecule has 0 aliphatic carbocycles. The van der Waals surface area contributed by atoms with Gasteiger partial charge in [-0.2, -0.15) is 0 Å². The summed E-state index contributed by atoms with van der Waals surface area (Å²) in [5.74, 6) is -1.64. The molecule has 0 amide bonds. The topological polar surface area (TPSA) is 130 Å². The van der Waals surface area contributed by atoms with Gasteiger partial charge in [-0.15, -0.1) is 0 Å². The Morgan fingerprint density at radius 1 is 1.25 bits per heavy atom. The summed E-state index contributed by atoms with van der Waals surface area (Å²) < 4.78 is 22.3. The quantitative estimate of drug-likeness (QED) is 0.375.